The minimum atomic E-state index is -3.12. The maximum Gasteiger partial charge on any atom is 0.213 e. The van der Waals surface area contributed by atoms with Crippen molar-refractivity contribution in [3.05, 3.63) is 35.9 Å². The van der Waals surface area contributed by atoms with Crippen LogP contribution in [0.15, 0.2) is 35.3 Å². The van der Waals surface area contributed by atoms with Gasteiger partial charge in [-0.1, -0.05) is 44.2 Å². The van der Waals surface area contributed by atoms with E-state index in [1.165, 1.54) is 9.87 Å². The molecule has 1 unspecified atom stereocenters. The zero-order valence-electron chi connectivity index (χ0n) is 18.7. The van der Waals surface area contributed by atoms with E-state index in [2.05, 4.69) is 53.6 Å². The van der Waals surface area contributed by atoms with Crippen molar-refractivity contribution in [1.29, 1.82) is 0 Å². The summed E-state index contributed by atoms with van der Waals surface area (Å²) in [6, 6.07) is 10.7. The van der Waals surface area contributed by atoms with Crippen LogP contribution in [0.25, 0.3) is 0 Å². The number of sulfonamides is 1. The fourth-order valence-corrected chi connectivity index (χ4v) is 4.01. The number of rotatable bonds is 13. The number of nitrogens with one attached hydrogen (secondary N) is 2. The smallest absolute Gasteiger partial charge is 0.213 e. The molecule has 8 heteroatoms. The summed E-state index contributed by atoms with van der Waals surface area (Å²) in [5, 5.41) is 6.61. The second-order valence-corrected chi connectivity index (χ2v) is 9.23. The fraction of sp³-hybridized carbons (Fsp3) is 0.667. The van der Waals surface area contributed by atoms with Crippen molar-refractivity contribution < 1.29 is 8.42 Å². The van der Waals surface area contributed by atoms with E-state index in [4.69, 9.17) is 4.99 Å². The number of guanidine groups is 1. The number of hydrogen-bond acceptors (Lipinski definition) is 4. The van der Waals surface area contributed by atoms with Gasteiger partial charge < -0.3 is 10.6 Å². The standard InChI is InChI=1S/C21H39N5O2S/c1-6-22-21(23-16-13-17-25(5)29(27,28)9-4)24-18-20(26(7-2)8-3)19-14-11-10-12-15-19/h10-12,14-15,20H,6-9,13,16-18H2,1-5H3,(H2,22,23,24). The normalized spacial score (nSPS) is 13.7. The van der Waals surface area contributed by atoms with E-state index in [0.717, 1.165) is 32.0 Å². The minimum absolute atomic E-state index is 0.132. The molecule has 1 rings (SSSR count). The molecular formula is C21H39N5O2S. The predicted molar refractivity (Wildman–Crippen MR) is 123 cm³/mol. The molecule has 0 aliphatic heterocycles. The first kappa shape index (κ1) is 25.4. The monoisotopic (exact) mass is 425 g/mol. The lowest BCUT2D eigenvalue weighted by Crippen LogP contribution is -2.40. The molecule has 0 heterocycles. The molecule has 0 aromatic heterocycles. The van der Waals surface area contributed by atoms with E-state index < -0.39 is 10.0 Å². The molecule has 0 fully saturated rings. The van der Waals surface area contributed by atoms with Gasteiger partial charge in [-0.05, 0) is 38.9 Å². The van der Waals surface area contributed by atoms with E-state index >= 15 is 0 Å². The van der Waals surface area contributed by atoms with Gasteiger partial charge in [0.05, 0.1) is 18.3 Å². The Labute approximate surface area is 177 Å². The molecule has 0 radical (unpaired) electrons. The molecule has 0 aliphatic rings. The van der Waals surface area contributed by atoms with E-state index in [-0.39, 0.29) is 11.8 Å². The van der Waals surface area contributed by atoms with Crippen LogP contribution in [-0.2, 0) is 10.0 Å². The molecule has 0 bridgehead atoms. The molecule has 1 atom stereocenters. The summed E-state index contributed by atoms with van der Waals surface area (Å²) in [5.41, 5.74) is 1.27. The summed E-state index contributed by atoms with van der Waals surface area (Å²) in [4.78, 5) is 7.22. The predicted octanol–water partition coefficient (Wildman–Crippen LogP) is 2.30. The SMILES string of the molecule is CCNC(=NCC(c1ccccc1)N(CC)CC)NCCCN(C)S(=O)(=O)CC. The Bertz CT molecular complexity index is 690. The third kappa shape index (κ3) is 8.72. The molecule has 0 saturated carbocycles. The van der Waals surface area contributed by atoms with Crippen LogP contribution in [-0.4, -0.2) is 75.7 Å². The van der Waals surface area contributed by atoms with Crippen molar-refractivity contribution in [2.45, 2.75) is 40.2 Å². The molecule has 7 nitrogen and oxygen atoms in total. The van der Waals surface area contributed by atoms with Crippen molar-refractivity contribution in [2.24, 2.45) is 4.99 Å². The molecule has 0 saturated heterocycles. The van der Waals surface area contributed by atoms with Gasteiger partial charge in [0.15, 0.2) is 5.96 Å². The Morgan fingerprint density at radius 1 is 1.07 bits per heavy atom. The first-order valence-corrected chi connectivity index (χ1v) is 12.3. The van der Waals surface area contributed by atoms with Crippen molar-refractivity contribution in [2.75, 3.05) is 52.1 Å². The van der Waals surface area contributed by atoms with Gasteiger partial charge >= 0.3 is 0 Å². The minimum Gasteiger partial charge on any atom is -0.357 e. The number of hydrogen-bond donors (Lipinski definition) is 2. The van der Waals surface area contributed by atoms with Crippen LogP contribution in [0.5, 0.6) is 0 Å². The molecule has 0 amide bonds. The molecule has 166 valence electrons. The fourth-order valence-electron chi connectivity index (χ4n) is 3.16. The van der Waals surface area contributed by atoms with Gasteiger partial charge in [-0.2, -0.15) is 0 Å². The average molecular weight is 426 g/mol. The average Bonchev–Trinajstić information content (AvgIpc) is 2.74. The van der Waals surface area contributed by atoms with Gasteiger partial charge in [-0.3, -0.25) is 9.89 Å². The highest BCUT2D eigenvalue weighted by Gasteiger charge is 2.18. The molecular weight excluding hydrogens is 386 g/mol. The maximum atomic E-state index is 11.8. The quantitative estimate of drug-likeness (QED) is 0.288. The Balaban J connectivity index is 2.72. The molecule has 0 spiro atoms. The highest BCUT2D eigenvalue weighted by molar-refractivity contribution is 7.89. The van der Waals surface area contributed by atoms with Crippen LogP contribution < -0.4 is 10.6 Å². The number of benzene rings is 1. The Hall–Kier alpha value is -1.64. The Kier molecular flexibility index (Phi) is 11.9. The van der Waals surface area contributed by atoms with E-state index in [1.54, 1.807) is 14.0 Å². The third-order valence-corrected chi connectivity index (χ3v) is 6.85. The van der Waals surface area contributed by atoms with Crippen LogP contribution in [0.3, 0.4) is 0 Å². The second-order valence-electron chi connectivity index (χ2n) is 6.87. The molecule has 1 aromatic rings. The van der Waals surface area contributed by atoms with Gasteiger partial charge in [0.2, 0.25) is 10.0 Å². The van der Waals surface area contributed by atoms with Crippen LogP contribution in [0.1, 0.15) is 45.7 Å². The highest BCUT2D eigenvalue weighted by atomic mass is 32.2. The first-order valence-electron chi connectivity index (χ1n) is 10.6. The first-order chi connectivity index (χ1) is 13.9. The zero-order valence-corrected chi connectivity index (χ0v) is 19.5. The topological polar surface area (TPSA) is 77.0 Å². The van der Waals surface area contributed by atoms with Gasteiger partial charge in [-0.15, -0.1) is 0 Å². The van der Waals surface area contributed by atoms with Crippen molar-refractivity contribution in [1.82, 2.24) is 19.8 Å². The molecule has 29 heavy (non-hydrogen) atoms. The summed E-state index contributed by atoms with van der Waals surface area (Å²) in [6.45, 7) is 12.6. The van der Waals surface area contributed by atoms with Crippen LogP contribution in [0.2, 0.25) is 0 Å². The summed E-state index contributed by atoms with van der Waals surface area (Å²) >= 11 is 0. The summed E-state index contributed by atoms with van der Waals surface area (Å²) in [5.74, 6) is 0.898. The van der Waals surface area contributed by atoms with Crippen LogP contribution in [0.4, 0.5) is 0 Å². The van der Waals surface area contributed by atoms with Gasteiger partial charge in [0, 0.05) is 26.7 Å². The van der Waals surface area contributed by atoms with Crippen molar-refractivity contribution in [3.63, 3.8) is 0 Å². The van der Waals surface area contributed by atoms with Crippen molar-refractivity contribution >= 4 is 16.0 Å². The Morgan fingerprint density at radius 3 is 2.28 bits per heavy atom. The molecule has 2 N–H and O–H groups in total. The Morgan fingerprint density at radius 2 is 1.72 bits per heavy atom. The largest absolute Gasteiger partial charge is 0.357 e. The van der Waals surface area contributed by atoms with Gasteiger partial charge in [0.1, 0.15) is 0 Å². The lowest BCUT2D eigenvalue weighted by atomic mass is 10.1. The van der Waals surface area contributed by atoms with E-state index in [1.807, 2.05) is 13.0 Å². The number of aliphatic imine (C=N–C) groups is 1. The van der Waals surface area contributed by atoms with Crippen molar-refractivity contribution in [3.8, 4) is 0 Å². The number of nitrogens with zero attached hydrogens (tertiary/aromatic N) is 3. The lowest BCUT2D eigenvalue weighted by molar-refractivity contribution is 0.224. The molecule has 1 aromatic carbocycles. The second kappa shape index (κ2) is 13.6. The van der Waals surface area contributed by atoms with E-state index in [9.17, 15) is 8.42 Å². The zero-order chi connectivity index (χ0) is 21.7. The number of likely N-dealkylation sites (N-methyl/N-ethyl adjacent to an activating group) is 1. The van der Waals surface area contributed by atoms with Crippen LogP contribution in [0, 0.1) is 0 Å². The van der Waals surface area contributed by atoms with Gasteiger partial charge in [-0.25, -0.2) is 12.7 Å². The molecule has 0 aliphatic carbocycles. The van der Waals surface area contributed by atoms with Crippen LogP contribution >= 0.6 is 0 Å². The maximum absolute atomic E-state index is 11.8. The van der Waals surface area contributed by atoms with Gasteiger partial charge in [0.25, 0.3) is 0 Å². The van der Waals surface area contributed by atoms with E-state index in [0.29, 0.717) is 19.6 Å². The summed E-state index contributed by atoms with van der Waals surface area (Å²) < 4.78 is 25.1. The highest BCUT2D eigenvalue weighted by Crippen LogP contribution is 2.20. The third-order valence-electron chi connectivity index (χ3n) is 4.99. The lowest BCUT2D eigenvalue weighted by Gasteiger charge is -2.29. The summed E-state index contributed by atoms with van der Waals surface area (Å²) in [6.07, 6.45) is 0.721. The summed E-state index contributed by atoms with van der Waals surface area (Å²) in [7, 11) is -1.49.